The van der Waals surface area contributed by atoms with E-state index in [1.54, 1.807) is 24.3 Å². The van der Waals surface area contributed by atoms with E-state index in [1.807, 2.05) is 0 Å². The van der Waals surface area contributed by atoms with Crippen molar-refractivity contribution in [1.29, 1.82) is 0 Å². The van der Waals surface area contributed by atoms with Gasteiger partial charge >= 0.3 is 5.97 Å². The number of nitrogens with one attached hydrogen (secondary N) is 2. The van der Waals surface area contributed by atoms with E-state index in [9.17, 15) is 14.7 Å². The lowest BCUT2D eigenvalue weighted by atomic mass is 10.0. The molecule has 1 amide bonds. The van der Waals surface area contributed by atoms with E-state index >= 15 is 0 Å². The number of carboxylic acids is 1. The van der Waals surface area contributed by atoms with E-state index in [4.69, 9.17) is 17.3 Å². The first kappa shape index (κ1) is 15.2. The van der Waals surface area contributed by atoms with Crippen molar-refractivity contribution < 1.29 is 14.7 Å². The van der Waals surface area contributed by atoms with Crippen molar-refractivity contribution in [2.24, 2.45) is 5.73 Å². The van der Waals surface area contributed by atoms with Crippen LogP contribution in [-0.2, 0) is 0 Å². The molecule has 5 N–H and O–H groups in total. The van der Waals surface area contributed by atoms with Crippen LogP contribution in [0.5, 0.6) is 0 Å². The molecule has 0 aliphatic rings. The van der Waals surface area contributed by atoms with Crippen LogP contribution in [0.2, 0.25) is 5.02 Å². The smallest absolute Gasteiger partial charge is 0.335 e. The maximum atomic E-state index is 12.1. The molecule has 2 heterocycles. The lowest BCUT2D eigenvalue weighted by molar-refractivity contribution is 0.0696. The molecule has 0 saturated heterocycles. The summed E-state index contributed by atoms with van der Waals surface area (Å²) in [7, 11) is 0. The van der Waals surface area contributed by atoms with E-state index < -0.39 is 11.9 Å². The molecule has 8 heteroatoms. The van der Waals surface area contributed by atoms with Gasteiger partial charge in [0.1, 0.15) is 5.69 Å². The van der Waals surface area contributed by atoms with Gasteiger partial charge in [0, 0.05) is 21.3 Å². The predicted molar refractivity (Wildman–Crippen MR) is 93.9 cm³/mol. The number of H-pyrrole nitrogens is 2. The van der Waals surface area contributed by atoms with E-state index in [1.165, 1.54) is 12.1 Å². The molecular formula is C17H11ClN4O3. The van der Waals surface area contributed by atoms with Crippen LogP contribution in [0.4, 0.5) is 0 Å². The Morgan fingerprint density at radius 2 is 1.88 bits per heavy atom. The number of carboxylic acid groups (broad SMARTS) is 1. The number of aromatic amines is 2. The molecule has 7 nitrogen and oxygen atoms in total. The first-order chi connectivity index (χ1) is 12.0. The number of halogens is 1. The second-order valence-corrected chi connectivity index (χ2v) is 6.00. The number of primary amides is 1. The number of aromatic carboxylic acids is 1. The summed E-state index contributed by atoms with van der Waals surface area (Å²) in [4.78, 5) is 26.4. The van der Waals surface area contributed by atoms with Crippen molar-refractivity contribution in [1.82, 2.24) is 15.2 Å². The van der Waals surface area contributed by atoms with E-state index in [0.717, 1.165) is 5.39 Å². The molecule has 4 rings (SSSR count). The van der Waals surface area contributed by atoms with Gasteiger partial charge in [-0.05, 0) is 36.4 Å². The number of carbonyl (C=O) groups is 2. The van der Waals surface area contributed by atoms with Gasteiger partial charge < -0.3 is 15.8 Å². The monoisotopic (exact) mass is 354 g/mol. The number of hydrogen-bond donors (Lipinski definition) is 4. The summed E-state index contributed by atoms with van der Waals surface area (Å²) in [5.41, 5.74) is 8.07. The molecule has 0 aliphatic carbocycles. The normalized spacial score (nSPS) is 11.2. The third-order valence-electron chi connectivity index (χ3n) is 4.05. The summed E-state index contributed by atoms with van der Waals surface area (Å²) in [5.74, 6) is -1.76. The molecule has 0 saturated carbocycles. The number of hydrogen-bond acceptors (Lipinski definition) is 3. The quantitative estimate of drug-likeness (QED) is 0.451. The molecule has 0 bridgehead atoms. The van der Waals surface area contributed by atoms with Crippen LogP contribution in [0.3, 0.4) is 0 Å². The summed E-state index contributed by atoms with van der Waals surface area (Å²) < 4.78 is 0. The van der Waals surface area contributed by atoms with E-state index in [2.05, 4.69) is 15.2 Å². The summed E-state index contributed by atoms with van der Waals surface area (Å²) in [6.07, 6.45) is 0. The molecule has 124 valence electrons. The fourth-order valence-electron chi connectivity index (χ4n) is 2.94. The standard InChI is InChI=1S/C17H11ClN4O3/c18-8-2-3-9-12(6-8)21-22-14(9)15-13(16(19)23)10-5-7(17(24)25)1-4-11(10)20-15/h1-6,20H,(H2,19,23)(H,21,22)(H,24,25). The Balaban J connectivity index is 2.05. The van der Waals surface area contributed by atoms with Gasteiger partial charge in [-0.25, -0.2) is 4.79 Å². The average Bonchev–Trinajstić information content (AvgIpc) is 3.13. The lowest BCUT2D eigenvalue weighted by Crippen LogP contribution is -2.12. The number of amides is 1. The predicted octanol–water partition coefficient (Wildman–Crippen LogP) is 3.16. The summed E-state index contributed by atoms with van der Waals surface area (Å²) in [6.45, 7) is 0. The number of fused-ring (bicyclic) bond motifs is 2. The van der Waals surface area contributed by atoms with Gasteiger partial charge in [0.2, 0.25) is 0 Å². The molecule has 0 radical (unpaired) electrons. The minimum Gasteiger partial charge on any atom is -0.478 e. The number of benzene rings is 2. The SMILES string of the molecule is NC(=O)c1c(-c2n[nH]c3cc(Cl)ccc23)[nH]c2ccc(C(=O)O)cc12. The molecule has 4 aromatic rings. The van der Waals surface area contributed by atoms with Gasteiger partial charge in [0.05, 0.1) is 22.3 Å². The number of aromatic nitrogens is 3. The fourth-order valence-corrected chi connectivity index (χ4v) is 3.11. The molecule has 0 spiro atoms. The largest absolute Gasteiger partial charge is 0.478 e. The molecule has 0 unspecified atom stereocenters. The van der Waals surface area contributed by atoms with Crippen molar-refractivity contribution in [2.45, 2.75) is 0 Å². The summed E-state index contributed by atoms with van der Waals surface area (Å²) >= 11 is 5.98. The van der Waals surface area contributed by atoms with Crippen molar-refractivity contribution in [3.63, 3.8) is 0 Å². The van der Waals surface area contributed by atoms with Gasteiger partial charge in [-0.3, -0.25) is 9.89 Å². The van der Waals surface area contributed by atoms with Crippen LogP contribution in [0.15, 0.2) is 36.4 Å². The van der Waals surface area contributed by atoms with Crippen molar-refractivity contribution in [3.8, 4) is 11.4 Å². The van der Waals surface area contributed by atoms with Crippen LogP contribution in [0.25, 0.3) is 33.2 Å². The maximum Gasteiger partial charge on any atom is 0.335 e. The van der Waals surface area contributed by atoms with Crippen molar-refractivity contribution in [2.75, 3.05) is 0 Å². The topological polar surface area (TPSA) is 125 Å². The first-order valence-corrected chi connectivity index (χ1v) is 7.66. The van der Waals surface area contributed by atoms with Gasteiger partial charge in [0.15, 0.2) is 0 Å². The lowest BCUT2D eigenvalue weighted by Gasteiger charge is -1.99. The van der Waals surface area contributed by atoms with Crippen LogP contribution >= 0.6 is 11.6 Å². The Labute approximate surface area is 145 Å². The fraction of sp³-hybridized carbons (Fsp3) is 0. The maximum absolute atomic E-state index is 12.1. The third kappa shape index (κ3) is 2.33. The van der Waals surface area contributed by atoms with Gasteiger partial charge in [0.25, 0.3) is 5.91 Å². The van der Waals surface area contributed by atoms with Gasteiger partial charge in [-0.1, -0.05) is 11.6 Å². The highest BCUT2D eigenvalue weighted by Gasteiger charge is 2.22. The molecule has 2 aromatic heterocycles. The highest BCUT2D eigenvalue weighted by Crippen LogP contribution is 2.34. The van der Waals surface area contributed by atoms with Crippen molar-refractivity contribution >= 4 is 45.3 Å². The molecule has 0 atom stereocenters. The number of nitrogens with zero attached hydrogens (tertiary/aromatic N) is 1. The summed E-state index contributed by atoms with van der Waals surface area (Å²) in [6, 6.07) is 9.71. The number of rotatable bonds is 3. The number of carbonyl (C=O) groups excluding carboxylic acids is 1. The Bertz CT molecular complexity index is 1180. The van der Waals surface area contributed by atoms with Crippen LogP contribution in [0.1, 0.15) is 20.7 Å². The molecule has 25 heavy (non-hydrogen) atoms. The molecule has 2 aromatic carbocycles. The highest BCUT2D eigenvalue weighted by atomic mass is 35.5. The second kappa shape index (κ2) is 5.35. The van der Waals surface area contributed by atoms with E-state index in [0.29, 0.717) is 32.8 Å². The van der Waals surface area contributed by atoms with Crippen LogP contribution in [0, 0.1) is 0 Å². The zero-order valence-electron chi connectivity index (χ0n) is 12.6. The Kier molecular flexibility index (Phi) is 3.26. The third-order valence-corrected chi connectivity index (χ3v) is 4.29. The molecule has 0 aliphatic heterocycles. The van der Waals surface area contributed by atoms with Gasteiger partial charge in [-0.2, -0.15) is 5.10 Å². The zero-order valence-corrected chi connectivity index (χ0v) is 13.4. The summed E-state index contributed by atoms with van der Waals surface area (Å²) in [5, 5.41) is 18.1. The average molecular weight is 355 g/mol. The number of nitrogens with two attached hydrogens (primary N) is 1. The second-order valence-electron chi connectivity index (χ2n) is 5.57. The molecular weight excluding hydrogens is 344 g/mol. The van der Waals surface area contributed by atoms with Gasteiger partial charge in [-0.15, -0.1) is 0 Å². The van der Waals surface area contributed by atoms with E-state index in [-0.39, 0.29) is 11.1 Å². The van der Waals surface area contributed by atoms with Crippen LogP contribution < -0.4 is 5.73 Å². The highest BCUT2D eigenvalue weighted by molar-refractivity contribution is 6.31. The van der Waals surface area contributed by atoms with Crippen LogP contribution in [-0.4, -0.2) is 32.2 Å². The first-order valence-electron chi connectivity index (χ1n) is 7.28. The minimum atomic E-state index is -1.08. The minimum absolute atomic E-state index is 0.0687. The molecule has 0 fully saturated rings. The Morgan fingerprint density at radius 1 is 1.08 bits per heavy atom. The zero-order chi connectivity index (χ0) is 17.7. The Morgan fingerprint density at radius 3 is 2.60 bits per heavy atom. The van der Waals surface area contributed by atoms with Crippen molar-refractivity contribution in [3.05, 3.63) is 52.5 Å². The Hall–Kier alpha value is -3.32.